The Morgan fingerprint density at radius 1 is 1.47 bits per heavy atom. The number of anilines is 1. The predicted molar refractivity (Wildman–Crippen MR) is 61.2 cm³/mol. The number of carboxylic acid groups (broad SMARTS) is 1. The fourth-order valence-electron chi connectivity index (χ4n) is 1.28. The molecule has 82 valence electrons. The van der Waals surface area contributed by atoms with Crippen LogP contribution in [0.15, 0.2) is 24.3 Å². The van der Waals surface area contributed by atoms with Crippen molar-refractivity contribution >= 4 is 11.7 Å². The van der Waals surface area contributed by atoms with E-state index < -0.39 is 11.5 Å². The largest absolute Gasteiger partial charge is 0.480 e. The van der Waals surface area contributed by atoms with Crippen molar-refractivity contribution in [3.8, 4) is 0 Å². The maximum Gasteiger partial charge on any atom is 0.328 e. The monoisotopic (exact) mass is 207 g/mol. The number of aliphatic carboxylic acids is 1. The number of hydrogen-bond donors (Lipinski definition) is 2. The lowest BCUT2D eigenvalue weighted by Gasteiger charge is -2.22. The second-order valence-electron chi connectivity index (χ2n) is 4.11. The minimum absolute atomic E-state index is 0.849. The number of carbonyl (C=O) groups is 1. The highest BCUT2D eigenvalue weighted by Crippen LogP contribution is 2.17. The molecule has 0 bridgehead atoms. The molecule has 2 N–H and O–H groups in total. The smallest absolute Gasteiger partial charge is 0.328 e. The van der Waals surface area contributed by atoms with E-state index >= 15 is 0 Å². The molecule has 0 radical (unpaired) electrons. The fraction of sp³-hybridized carbons (Fsp3) is 0.417. The first-order valence-corrected chi connectivity index (χ1v) is 5.06. The van der Waals surface area contributed by atoms with E-state index in [0.717, 1.165) is 12.1 Å². The number of carboxylic acids is 1. The molecule has 1 rings (SSSR count). The molecule has 0 aliphatic rings. The van der Waals surface area contributed by atoms with Crippen LogP contribution >= 0.6 is 0 Å². The first-order chi connectivity index (χ1) is 6.95. The molecule has 0 aliphatic heterocycles. The zero-order chi connectivity index (χ0) is 11.5. The van der Waals surface area contributed by atoms with Crippen LogP contribution in [-0.4, -0.2) is 16.6 Å². The number of hydrogen-bond acceptors (Lipinski definition) is 2. The highest BCUT2D eigenvalue weighted by Gasteiger charge is 2.26. The molecule has 3 heteroatoms. The van der Waals surface area contributed by atoms with E-state index in [1.807, 2.05) is 24.3 Å². The van der Waals surface area contributed by atoms with Gasteiger partial charge in [0.25, 0.3) is 0 Å². The minimum atomic E-state index is -0.938. The third-order valence-electron chi connectivity index (χ3n) is 2.33. The molecular formula is C12H17NO2. The van der Waals surface area contributed by atoms with Gasteiger partial charge in [-0.3, -0.25) is 0 Å². The van der Waals surface area contributed by atoms with Gasteiger partial charge in [-0.1, -0.05) is 19.1 Å². The Kier molecular flexibility index (Phi) is 3.35. The van der Waals surface area contributed by atoms with Crippen LogP contribution in [-0.2, 0) is 11.2 Å². The van der Waals surface area contributed by atoms with E-state index in [9.17, 15) is 4.79 Å². The van der Waals surface area contributed by atoms with Crippen molar-refractivity contribution in [3.05, 3.63) is 29.8 Å². The first-order valence-electron chi connectivity index (χ1n) is 5.06. The highest BCUT2D eigenvalue weighted by molar-refractivity contribution is 5.81. The van der Waals surface area contributed by atoms with Crippen LogP contribution in [0.4, 0.5) is 5.69 Å². The molecule has 0 aliphatic carbocycles. The summed E-state index contributed by atoms with van der Waals surface area (Å²) in [5.74, 6) is -0.857. The van der Waals surface area contributed by atoms with Gasteiger partial charge in [-0.05, 0) is 38.0 Å². The molecule has 0 saturated heterocycles. The third-order valence-corrected chi connectivity index (χ3v) is 2.33. The number of aryl methyl sites for hydroxylation is 1. The van der Waals surface area contributed by atoms with Crippen molar-refractivity contribution in [3.63, 3.8) is 0 Å². The van der Waals surface area contributed by atoms with Crippen molar-refractivity contribution in [2.45, 2.75) is 32.7 Å². The number of rotatable bonds is 4. The Balaban J connectivity index is 2.85. The summed E-state index contributed by atoms with van der Waals surface area (Å²) >= 11 is 0. The molecule has 15 heavy (non-hydrogen) atoms. The van der Waals surface area contributed by atoms with Gasteiger partial charge in [0.15, 0.2) is 0 Å². The van der Waals surface area contributed by atoms with Crippen LogP contribution in [0.1, 0.15) is 26.3 Å². The molecule has 1 aromatic carbocycles. The molecule has 0 fully saturated rings. The summed E-state index contributed by atoms with van der Waals surface area (Å²) in [6.07, 6.45) is 0.947. The second kappa shape index (κ2) is 4.34. The van der Waals surface area contributed by atoms with E-state index in [0.29, 0.717) is 0 Å². The molecular weight excluding hydrogens is 190 g/mol. The molecule has 0 amide bonds. The lowest BCUT2D eigenvalue weighted by Crippen LogP contribution is -2.39. The average Bonchev–Trinajstić information content (AvgIpc) is 2.17. The van der Waals surface area contributed by atoms with Gasteiger partial charge in [0.2, 0.25) is 0 Å². The molecule has 0 unspecified atom stereocenters. The quantitative estimate of drug-likeness (QED) is 0.797. The topological polar surface area (TPSA) is 49.3 Å². The maximum absolute atomic E-state index is 10.9. The van der Waals surface area contributed by atoms with Crippen molar-refractivity contribution in [1.29, 1.82) is 0 Å². The minimum Gasteiger partial charge on any atom is -0.480 e. The number of nitrogens with one attached hydrogen (secondary N) is 1. The summed E-state index contributed by atoms with van der Waals surface area (Å²) in [5, 5.41) is 12.0. The van der Waals surface area contributed by atoms with Crippen molar-refractivity contribution in [2.24, 2.45) is 0 Å². The summed E-state index contributed by atoms with van der Waals surface area (Å²) in [6.45, 7) is 5.36. The normalized spacial score (nSPS) is 11.1. The SMILES string of the molecule is CCc1cccc(NC(C)(C)C(=O)O)c1. The Bertz CT molecular complexity index is 358. The summed E-state index contributed by atoms with van der Waals surface area (Å²) in [5.41, 5.74) is 1.11. The zero-order valence-electron chi connectivity index (χ0n) is 9.37. The molecule has 0 saturated carbocycles. The molecule has 0 heterocycles. The summed E-state index contributed by atoms with van der Waals surface area (Å²) in [7, 11) is 0. The van der Waals surface area contributed by atoms with Crippen molar-refractivity contribution < 1.29 is 9.90 Å². The summed E-state index contributed by atoms with van der Waals surface area (Å²) in [4.78, 5) is 10.9. The lowest BCUT2D eigenvalue weighted by atomic mass is 10.0. The summed E-state index contributed by atoms with van der Waals surface area (Å²) < 4.78 is 0. The van der Waals surface area contributed by atoms with E-state index in [4.69, 9.17) is 5.11 Å². The van der Waals surface area contributed by atoms with E-state index in [1.165, 1.54) is 5.56 Å². The van der Waals surface area contributed by atoms with Gasteiger partial charge < -0.3 is 10.4 Å². The maximum atomic E-state index is 10.9. The Morgan fingerprint density at radius 2 is 2.13 bits per heavy atom. The van der Waals surface area contributed by atoms with E-state index in [1.54, 1.807) is 13.8 Å². The van der Waals surface area contributed by atoms with Crippen LogP contribution in [0.2, 0.25) is 0 Å². The predicted octanol–water partition coefficient (Wildman–Crippen LogP) is 2.52. The Labute approximate surface area is 90.1 Å². The molecule has 1 aromatic rings. The molecule has 0 spiro atoms. The van der Waals surface area contributed by atoms with Gasteiger partial charge in [-0.25, -0.2) is 4.79 Å². The Hall–Kier alpha value is -1.51. The van der Waals surface area contributed by atoms with Gasteiger partial charge in [0.05, 0.1) is 0 Å². The van der Waals surface area contributed by atoms with Crippen molar-refractivity contribution in [1.82, 2.24) is 0 Å². The van der Waals surface area contributed by atoms with Crippen LogP contribution in [0.3, 0.4) is 0 Å². The lowest BCUT2D eigenvalue weighted by molar-refractivity contribution is -0.141. The van der Waals surface area contributed by atoms with Gasteiger partial charge in [0.1, 0.15) is 5.54 Å². The van der Waals surface area contributed by atoms with Gasteiger partial charge in [-0.2, -0.15) is 0 Å². The zero-order valence-corrected chi connectivity index (χ0v) is 9.37. The highest BCUT2D eigenvalue weighted by atomic mass is 16.4. The molecule has 0 atom stereocenters. The van der Waals surface area contributed by atoms with Crippen LogP contribution in [0, 0.1) is 0 Å². The van der Waals surface area contributed by atoms with Crippen LogP contribution in [0.25, 0.3) is 0 Å². The third kappa shape index (κ3) is 2.98. The summed E-state index contributed by atoms with van der Waals surface area (Å²) in [6, 6.07) is 7.81. The van der Waals surface area contributed by atoms with Gasteiger partial charge >= 0.3 is 5.97 Å². The van der Waals surface area contributed by atoms with Gasteiger partial charge in [0, 0.05) is 5.69 Å². The van der Waals surface area contributed by atoms with E-state index in [-0.39, 0.29) is 0 Å². The first kappa shape index (κ1) is 11.6. The van der Waals surface area contributed by atoms with Crippen LogP contribution < -0.4 is 5.32 Å². The average molecular weight is 207 g/mol. The molecule has 0 aromatic heterocycles. The number of benzene rings is 1. The second-order valence-corrected chi connectivity index (χ2v) is 4.11. The van der Waals surface area contributed by atoms with Crippen LogP contribution in [0.5, 0.6) is 0 Å². The standard InChI is InChI=1S/C12H17NO2/c1-4-9-6-5-7-10(8-9)13-12(2,3)11(14)15/h5-8,13H,4H2,1-3H3,(H,14,15). The fourth-order valence-corrected chi connectivity index (χ4v) is 1.28. The van der Waals surface area contributed by atoms with E-state index in [2.05, 4.69) is 12.2 Å². The molecule has 3 nitrogen and oxygen atoms in total. The van der Waals surface area contributed by atoms with Gasteiger partial charge in [-0.15, -0.1) is 0 Å². The van der Waals surface area contributed by atoms with Crippen molar-refractivity contribution in [2.75, 3.05) is 5.32 Å². The Morgan fingerprint density at radius 3 is 2.67 bits per heavy atom.